The molecule has 0 saturated carbocycles. The molecule has 2 N–H and O–H groups in total. The van der Waals surface area contributed by atoms with Gasteiger partial charge in [0.05, 0.1) is 5.56 Å². The van der Waals surface area contributed by atoms with Crippen molar-refractivity contribution in [2.75, 3.05) is 39.3 Å². The molecule has 1 aromatic heterocycles. The van der Waals surface area contributed by atoms with Gasteiger partial charge >= 0.3 is 0 Å². The summed E-state index contributed by atoms with van der Waals surface area (Å²) in [6.45, 7) is 8.61. The number of rotatable bonds is 5. The van der Waals surface area contributed by atoms with E-state index in [1.54, 1.807) is 11.3 Å². The molecule has 0 aromatic carbocycles. The van der Waals surface area contributed by atoms with E-state index in [1.807, 2.05) is 0 Å². The number of nitrogens with zero attached hydrogens (tertiary/aromatic N) is 1. The zero-order chi connectivity index (χ0) is 15.4. The number of nitrogens with one attached hydrogen (secondary N) is 2. The highest BCUT2D eigenvalue weighted by Gasteiger charge is 2.22. The lowest BCUT2D eigenvalue weighted by atomic mass is 9.88. The van der Waals surface area contributed by atoms with E-state index < -0.39 is 0 Å². The Morgan fingerprint density at radius 3 is 3.09 bits per heavy atom. The monoisotopic (exact) mass is 321 g/mol. The number of carbonyl (C=O) groups excluding carboxylic acids is 1. The number of fused-ring (bicyclic) bond motifs is 1. The average molecular weight is 321 g/mol. The normalized spacial score (nSPS) is 22.3. The summed E-state index contributed by atoms with van der Waals surface area (Å²) in [5.74, 6) is 0.897. The fourth-order valence-corrected chi connectivity index (χ4v) is 4.65. The van der Waals surface area contributed by atoms with Gasteiger partial charge in [-0.05, 0) is 43.7 Å². The van der Waals surface area contributed by atoms with Gasteiger partial charge in [-0.25, -0.2) is 0 Å². The van der Waals surface area contributed by atoms with E-state index in [0.29, 0.717) is 0 Å². The Hall–Kier alpha value is -0.910. The topological polar surface area (TPSA) is 44.4 Å². The van der Waals surface area contributed by atoms with Crippen LogP contribution in [-0.4, -0.2) is 50.1 Å². The first-order chi connectivity index (χ1) is 10.7. The predicted octanol–water partition coefficient (Wildman–Crippen LogP) is 1.90. The molecule has 1 aromatic rings. The molecule has 0 spiro atoms. The molecule has 3 rings (SSSR count). The average Bonchev–Trinajstić information content (AvgIpc) is 2.95. The largest absolute Gasteiger partial charge is 0.352 e. The van der Waals surface area contributed by atoms with E-state index in [4.69, 9.17) is 0 Å². The van der Waals surface area contributed by atoms with Crippen molar-refractivity contribution < 1.29 is 4.79 Å². The van der Waals surface area contributed by atoms with Gasteiger partial charge in [-0.2, -0.15) is 0 Å². The first-order valence-corrected chi connectivity index (χ1v) is 9.42. The Morgan fingerprint density at radius 1 is 1.45 bits per heavy atom. The lowest BCUT2D eigenvalue weighted by Gasteiger charge is -2.27. The molecule has 5 heteroatoms. The number of amides is 1. The molecule has 1 aliphatic heterocycles. The van der Waals surface area contributed by atoms with E-state index in [2.05, 4.69) is 27.8 Å². The number of thiophene rings is 1. The molecule has 1 amide bonds. The van der Waals surface area contributed by atoms with Crippen molar-refractivity contribution in [1.29, 1.82) is 0 Å². The van der Waals surface area contributed by atoms with Crippen molar-refractivity contribution in [2.24, 2.45) is 5.92 Å². The highest BCUT2D eigenvalue weighted by Crippen LogP contribution is 2.32. The Kier molecular flexibility index (Phi) is 5.50. The maximum absolute atomic E-state index is 12.4. The van der Waals surface area contributed by atoms with Crippen LogP contribution in [0.5, 0.6) is 0 Å². The minimum Gasteiger partial charge on any atom is -0.352 e. The summed E-state index contributed by atoms with van der Waals surface area (Å²) in [6, 6.07) is 0. The second-order valence-corrected chi connectivity index (χ2v) is 7.56. The third-order valence-corrected chi connectivity index (χ3v) is 5.84. The molecular formula is C17H27N3OS. The van der Waals surface area contributed by atoms with Gasteiger partial charge in [-0.3, -0.25) is 4.79 Å². The molecular weight excluding hydrogens is 294 g/mol. The van der Waals surface area contributed by atoms with Gasteiger partial charge < -0.3 is 15.5 Å². The molecule has 0 radical (unpaired) electrons. The van der Waals surface area contributed by atoms with E-state index in [1.165, 1.54) is 16.9 Å². The molecule has 0 bridgehead atoms. The lowest BCUT2D eigenvalue weighted by molar-refractivity contribution is 0.0950. The van der Waals surface area contributed by atoms with Crippen LogP contribution >= 0.6 is 11.3 Å². The van der Waals surface area contributed by atoms with Gasteiger partial charge in [-0.1, -0.05) is 6.92 Å². The van der Waals surface area contributed by atoms with Crippen molar-refractivity contribution >= 4 is 17.2 Å². The zero-order valence-electron chi connectivity index (χ0n) is 13.5. The fourth-order valence-electron chi connectivity index (χ4n) is 3.40. The SMILES string of the molecule is CC1CCc2c(C(=O)NCCCN3CCNCC3)csc2C1. The maximum atomic E-state index is 12.4. The van der Waals surface area contributed by atoms with Crippen LogP contribution in [-0.2, 0) is 12.8 Å². The number of hydrogen-bond donors (Lipinski definition) is 2. The van der Waals surface area contributed by atoms with Crippen LogP contribution in [0.25, 0.3) is 0 Å². The maximum Gasteiger partial charge on any atom is 0.252 e. The summed E-state index contributed by atoms with van der Waals surface area (Å²) >= 11 is 1.77. The smallest absolute Gasteiger partial charge is 0.252 e. The summed E-state index contributed by atoms with van der Waals surface area (Å²) in [4.78, 5) is 16.3. The van der Waals surface area contributed by atoms with E-state index in [9.17, 15) is 4.79 Å². The van der Waals surface area contributed by atoms with Crippen molar-refractivity contribution in [3.63, 3.8) is 0 Å². The second-order valence-electron chi connectivity index (χ2n) is 6.60. The zero-order valence-corrected chi connectivity index (χ0v) is 14.3. The van der Waals surface area contributed by atoms with E-state index in [0.717, 1.165) is 70.0 Å². The summed E-state index contributed by atoms with van der Waals surface area (Å²) in [6.07, 6.45) is 4.47. The molecule has 2 aliphatic rings. The minimum atomic E-state index is 0.132. The summed E-state index contributed by atoms with van der Waals surface area (Å²) in [7, 11) is 0. The second kappa shape index (κ2) is 7.57. The third-order valence-electron chi connectivity index (χ3n) is 4.79. The van der Waals surface area contributed by atoms with Crippen molar-refractivity contribution in [2.45, 2.75) is 32.6 Å². The van der Waals surface area contributed by atoms with Gasteiger partial charge in [0, 0.05) is 43.0 Å². The molecule has 1 saturated heterocycles. The Bertz CT molecular complexity index is 508. The molecule has 1 atom stereocenters. The van der Waals surface area contributed by atoms with E-state index >= 15 is 0 Å². The minimum absolute atomic E-state index is 0.132. The van der Waals surface area contributed by atoms with Gasteiger partial charge in [0.25, 0.3) is 5.91 Å². The summed E-state index contributed by atoms with van der Waals surface area (Å²) in [5, 5.41) is 8.54. The highest BCUT2D eigenvalue weighted by atomic mass is 32.1. The van der Waals surface area contributed by atoms with Gasteiger partial charge in [0.2, 0.25) is 0 Å². The van der Waals surface area contributed by atoms with Gasteiger partial charge in [0.1, 0.15) is 0 Å². The first kappa shape index (κ1) is 16.0. The summed E-state index contributed by atoms with van der Waals surface area (Å²) in [5.41, 5.74) is 2.26. The van der Waals surface area contributed by atoms with Crippen LogP contribution in [0.1, 0.15) is 40.6 Å². The number of hydrogen-bond acceptors (Lipinski definition) is 4. The van der Waals surface area contributed by atoms with Crippen LogP contribution in [0.15, 0.2) is 5.38 Å². The lowest BCUT2D eigenvalue weighted by Crippen LogP contribution is -2.44. The molecule has 1 unspecified atom stereocenters. The third kappa shape index (κ3) is 3.89. The van der Waals surface area contributed by atoms with Gasteiger partial charge in [0.15, 0.2) is 0 Å². The van der Waals surface area contributed by atoms with Crippen LogP contribution < -0.4 is 10.6 Å². The van der Waals surface area contributed by atoms with Crippen LogP contribution in [0, 0.1) is 5.92 Å². The molecule has 4 nitrogen and oxygen atoms in total. The standard InChI is InChI=1S/C17H27N3OS/c1-13-3-4-14-15(12-22-16(14)11-13)17(21)19-5-2-8-20-9-6-18-7-10-20/h12-13,18H,2-11H2,1H3,(H,19,21). The van der Waals surface area contributed by atoms with E-state index in [-0.39, 0.29) is 5.91 Å². The quantitative estimate of drug-likeness (QED) is 0.814. The molecule has 2 heterocycles. The predicted molar refractivity (Wildman–Crippen MR) is 91.8 cm³/mol. The van der Waals surface area contributed by atoms with Crippen LogP contribution in [0.2, 0.25) is 0 Å². The fraction of sp³-hybridized carbons (Fsp3) is 0.706. The van der Waals surface area contributed by atoms with Crippen molar-refractivity contribution in [3.05, 3.63) is 21.4 Å². The number of piperazine rings is 1. The molecule has 22 heavy (non-hydrogen) atoms. The molecule has 1 aliphatic carbocycles. The van der Waals surface area contributed by atoms with Crippen LogP contribution in [0.3, 0.4) is 0 Å². The number of carbonyl (C=O) groups is 1. The first-order valence-electron chi connectivity index (χ1n) is 8.54. The molecule has 1 fully saturated rings. The summed E-state index contributed by atoms with van der Waals surface area (Å²) < 4.78 is 0. The van der Waals surface area contributed by atoms with Crippen molar-refractivity contribution in [1.82, 2.24) is 15.5 Å². The van der Waals surface area contributed by atoms with Gasteiger partial charge in [-0.15, -0.1) is 11.3 Å². The Morgan fingerprint density at radius 2 is 2.27 bits per heavy atom. The van der Waals surface area contributed by atoms with Crippen molar-refractivity contribution in [3.8, 4) is 0 Å². The Labute approximate surface area is 137 Å². The molecule has 122 valence electrons. The van der Waals surface area contributed by atoms with Crippen LogP contribution in [0.4, 0.5) is 0 Å². The Balaban J connectivity index is 1.44. The highest BCUT2D eigenvalue weighted by molar-refractivity contribution is 7.10.